The van der Waals surface area contributed by atoms with Crippen molar-refractivity contribution in [3.63, 3.8) is 0 Å². The number of sulfonamides is 1. The molecule has 1 saturated heterocycles. The van der Waals surface area contributed by atoms with Gasteiger partial charge in [-0.2, -0.15) is 4.31 Å². The number of aromatic nitrogens is 1. The van der Waals surface area contributed by atoms with E-state index in [1.165, 1.54) is 0 Å². The normalized spacial score (nSPS) is 15.2. The van der Waals surface area contributed by atoms with E-state index in [2.05, 4.69) is 20.5 Å². The van der Waals surface area contributed by atoms with E-state index in [4.69, 9.17) is 4.74 Å². The van der Waals surface area contributed by atoms with Crippen LogP contribution in [0.4, 0.5) is 10.5 Å². The Morgan fingerprint density at radius 2 is 1.81 bits per heavy atom. The van der Waals surface area contributed by atoms with Gasteiger partial charge in [0.05, 0.1) is 19.0 Å². The van der Waals surface area contributed by atoms with Crippen molar-refractivity contribution in [1.82, 2.24) is 19.5 Å². The molecule has 2 N–H and O–H groups in total. The Bertz CT molecular complexity index is 755. The van der Waals surface area contributed by atoms with Gasteiger partial charge in [0.2, 0.25) is 10.0 Å². The largest absolute Gasteiger partial charge is 0.379 e. The summed E-state index contributed by atoms with van der Waals surface area (Å²) in [4.78, 5) is 18.1. The predicted octanol–water partition coefficient (Wildman–Crippen LogP) is 2.53. The number of carbonyl (C=O) groups excluding carboxylic acids is 1. The summed E-state index contributed by atoms with van der Waals surface area (Å²) in [5.74, 6) is 0.179. The first-order valence-corrected chi connectivity index (χ1v) is 13.2. The number of hydrogen-bond acceptors (Lipinski definition) is 6. The lowest BCUT2D eigenvalue weighted by atomic mass is 10.2. The van der Waals surface area contributed by atoms with Crippen molar-refractivity contribution >= 4 is 21.7 Å². The lowest BCUT2D eigenvalue weighted by Crippen LogP contribution is -2.42. The molecular weight excluding hydrogens is 430 g/mol. The summed E-state index contributed by atoms with van der Waals surface area (Å²) in [6.45, 7) is 9.28. The number of nitrogens with one attached hydrogen (secondary N) is 2. The van der Waals surface area contributed by atoms with Crippen molar-refractivity contribution in [1.29, 1.82) is 0 Å². The molecule has 2 heterocycles. The number of rotatable bonds is 14. The third-order valence-electron chi connectivity index (χ3n) is 5.44. The maximum absolute atomic E-state index is 12.8. The molecule has 0 spiro atoms. The fourth-order valence-corrected chi connectivity index (χ4v) is 5.54. The van der Waals surface area contributed by atoms with Crippen LogP contribution in [0.5, 0.6) is 0 Å². The van der Waals surface area contributed by atoms with Crippen LogP contribution in [0.3, 0.4) is 0 Å². The number of nitrogens with zero attached hydrogens (tertiary/aromatic N) is 3. The van der Waals surface area contributed by atoms with Crippen LogP contribution in [0.25, 0.3) is 0 Å². The molecule has 0 bridgehead atoms. The van der Waals surface area contributed by atoms with E-state index < -0.39 is 10.0 Å². The molecule has 1 aliphatic rings. The summed E-state index contributed by atoms with van der Waals surface area (Å²) >= 11 is 0. The molecule has 0 atom stereocenters. The Morgan fingerprint density at radius 3 is 2.50 bits per heavy atom. The zero-order valence-electron chi connectivity index (χ0n) is 19.5. The van der Waals surface area contributed by atoms with E-state index in [9.17, 15) is 13.2 Å². The molecule has 0 aromatic carbocycles. The first kappa shape index (κ1) is 26.5. The molecule has 2 rings (SSSR count). The van der Waals surface area contributed by atoms with E-state index in [0.29, 0.717) is 25.2 Å². The first-order chi connectivity index (χ1) is 15.4. The van der Waals surface area contributed by atoms with Gasteiger partial charge in [0, 0.05) is 50.3 Å². The van der Waals surface area contributed by atoms with Crippen molar-refractivity contribution in [2.24, 2.45) is 0 Å². The van der Waals surface area contributed by atoms with Gasteiger partial charge >= 0.3 is 6.03 Å². The van der Waals surface area contributed by atoms with E-state index in [1.54, 1.807) is 28.8 Å². The second kappa shape index (κ2) is 14.4. The highest BCUT2D eigenvalue weighted by molar-refractivity contribution is 7.89. The first-order valence-electron chi connectivity index (χ1n) is 11.6. The van der Waals surface area contributed by atoms with Crippen LogP contribution in [0.1, 0.15) is 46.0 Å². The minimum atomic E-state index is -3.26. The second-order valence-electron chi connectivity index (χ2n) is 8.36. The summed E-state index contributed by atoms with van der Waals surface area (Å²) < 4.78 is 32.7. The number of ether oxygens (including phenoxy) is 1. The molecule has 0 saturated carbocycles. The van der Waals surface area contributed by atoms with Crippen molar-refractivity contribution in [3.8, 4) is 0 Å². The molecule has 1 aromatic heterocycles. The smallest absolute Gasteiger partial charge is 0.319 e. The number of hydrogen-bond donors (Lipinski definition) is 2. The maximum atomic E-state index is 12.8. The average Bonchev–Trinajstić information content (AvgIpc) is 2.77. The SMILES string of the molecule is CC(C)N(CCCN1CCOCC1)S(=O)(=O)CCCCCCNC(=O)Nc1ccncc1. The maximum Gasteiger partial charge on any atom is 0.319 e. The summed E-state index contributed by atoms with van der Waals surface area (Å²) in [7, 11) is -3.26. The molecule has 1 aromatic rings. The zero-order valence-corrected chi connectivity index (χ0v) is 20.3. The van der Waals surface area contributed by atoms with E-state index in [1.807, 2.05) is 13.8 Å². The number of urea groups is 1. The van der Waals surface area contributed by atoms with Crippen LogP contribution in [-0.4, -0.2) is 86.4 Å². The van der Waals surface area contributed by atoms with Gasteiger partial charge in [-0.3, -0.25) is 9.88 Å². The van der Waals surface area contributed by atoms with Crippen molar-refractivity contribution in [2.75, 3.05) is 57.0 Å². The van der Waals surface area contributed by atoms with E-state index in [0.717, 1.165) is 58.5 Å². The Hall–Kier alpha value is -1.75. The molecule has 2 amide bonds. The number of anilines is 1. The Balaban J connectivity index is 1.58. The highest BCUT2D eigenvalue weighted by Crippen LogP contribution is 2.13. The Labute approximate surface area is 193 Å². The lowest BCUT2D eigenvalue weighted by Gasteiger charge is -2.29. The van der Waals surface area contributed by atoms with Crippen LogP contribution < -0.4 is 10.6 Å². The van der Waals surface area contributed by atoms with E-state index in [-0.39, 0.29) is 17.8 Å². The van der Waals surface area contributed by atoms with Gasteiger partial charge in [0.25, 0.3) is 0 Å². The number of amides is 2. The molecule has 0 aliphatic carbocycles. The van der Waals surface area contributed by atoms with Gasteiger partial charge in [-0.05, 0) is 51.8 Å². The highest BCUT2D eigenvalue weighted by atomic mass is 32.2. The number of morpholine rings is 1. The number of pyridine rings is 1. The third-order valence-corrected chi connectivity index (χ3v) is 7.57. The fourth-order valence-electron chi connectivity index (χ4n) is 3.69. The summed E-state index contributed by atoms with van der Waals surface area (Å²) in [5, 5.41) is 5.55. The van der Waals surface area contributed by atoms with Gasteiger partial charge in [-0.25, -0.2) is 13.2 Å². The zero-order chi connectivity index (χ0) is 23.2. The number of unbranched alkanes of at least 4 members (excludes halogenated alkanes) is 3. The minimum absolute atomic E-state index is 0.0344. The van der Waals surface area contributed by atoms with Crippen LogP contribution >= 0.6 is 0 Å². The van der Waals surface area contributed by atoms with Gasteiger partial charge in [-0.15, -0.1) is 0 Å². The minimum Gasteiger partial charge on any atom is -0.379 e. The van der Waals surface area contributed by atoms with Crippen LogP contribution in [0, 0.1) is 0 Å². The van der Waals surface area contributed by atoms with E-state index >= 15 is 0 Å². The monoisotopic (exact) mass is 469 g/mol. The highest BCUT2D eigenvalue weighted by Gasteiger charge is 2.24. The van der Waals surface area contributed by atoms with Crippen molar-refractivity contribution in [2.45, 2.75) is 52.0 Å². The van der Waals surface area contributed by atoms with Crippen LogP contribution in [-0.2, 0) is 14.8 Å². The van der Waals surface area contributed by atoms with Gasteiger partial charge in [0.1, 0.15) is 0 Å². The van der Waals surface area contributed by atoms with Gasteiger partial charge in [0.15, 0.2) is 0 Å². The fraction of sp³-hybridized carbons (Fsp3) is 0.727. The van der Waals surface area contributed by atoms with Crippen molar-refractivity contribution < 1.29 is 17.9 Å². The quantitative estimate of drug-likeness (QED) is 0.406. The Morgan fingerprint density at radius 1 is 1.12 bits per heavy atom. The lowest BCUT2D eigenvalue weighted by molar-refractivity contribution is 0.0367. The average molecular weight is 470 g/mol. The van der Waals surface area contributed by atoms with Crippen molar-refractivity contribution in [3.05, 3.63) is 24.5 Å². The van der Waals surface area contributed by atoms with Crippen LogP contribution in [0.15, 0.2) is 24.5 Å². The van der Waals surface area contributed by atoms with Gasteiger partial charge < -0.3 is 15.4 Å². The standard InChI is InChI=1S/C22H39N5O4S/c1-20(2)27(14-7-13-26-15-17-31-18-16-26)32(29,30)19-6-4-3-5-10-24-22(28)25-21-8-11-23-12-9-21/h8-9,11-12,20H,3-7,10,13-19H2,1-2H3,(H2,23,24,25,28). The summed E-state index contributed by atoms with van der Waals surface area (Å²) in [5.41, 5.74) is 0.697. The molecular formula is C22H39N5O4S. The molecule has 0 unspecified atom stereocenters. The molecule has 10 heteroatoms. The van der Waals surface area contributed by atoms with Gasteiger partial charge in [-0.1, -0.05) is 12.8 Å². The summed E-state index contributed by atoms with van der Waals surface area (Å²) in [6, 6.07) is 3.17. The number of carbonyl (C=O) groups is 1. The molecule has 1 fully saturated rings. The molecule has 0 radical (unpaired) electrons. The van der Waals surface area contributed by atoms with Crippen LogP contribution in [0.2, 0.25) is 0 Å². The molecule has 182 valence electrons. The molecule has 9 nitrogen and oxygen atoms in total. The molecule has 32 heavy (non-hydrogen) atoms. The second-order valence-corrected chi connectivity index (χ2v) is 10.4. The molecule has 1 aliphatic heterocycles. The topological polar surface area (TPSA) is 104 Å². The predicted molar refractivity (Wildman–Crippen MR) is 127 cm³/mol. The third kappa shape index (κ3) is 10.2. The summed E-state index contributed by atoms with van der Waals surface area (Å²) in [6.07, 6.45) is 7.24. The Kier molecular flexibility index (Phi) is 11.9.